The Morgan fingerprint density at radius 2 is 2.00 bits per heavy atom. The standard InChI is InChI=1S/C15H22O4/c1-8-10(16)4-5-14(3)6-7-15(18)9(2)13(17)19-12(15)11(8)14/h9-10,12,16,18H,4-7H2,1-3H3/t9-,10+,12?,14+,15+/m0/s1. The Morgan fingerprint density at radius 1 is 1.32 bits per heavy atom. The van der Waals surface area contributed by atoms with Crippen molar-refractivity contribution in [3.8, 4) is 0 Å². The maximum Gasteiger partial charge on any atom is 0.312 e. The molecule has 3 rings (SSSR count). The second-order valence-corrected chi connectivity index (χ2v) is 6.74. The summed E-state index contributed by atoms with van der Waals surface area (Å²) in [5, 5.41) is 20.9. The Labute approximate surface area is 113 Å². The molecule has 1 heterocycles. The van der Waals surface area contributed by atoms with Gasteiger partial charge in [0.2, 0.25) is 0 Å². The van der Waals surface area contributed by atoms with Crippen molar-refractivity contribution in [1.82, 2.24) is 0 Å². The summed E-state index contributed by atoms with van der Waals surface area (Å²) in [5.74, 6) is -0.807. The molecule has 0 radical (unpaired) electrons. The van der Waals surface area contributed by atoms with Gasteiger partial charge >= 0.3 is 5.97 Å². The smallest absolute Gasteiger partial charge is 0.312 e. The summed E-state index contributed by atoms with van der Waals surface area (Å²) in [6.45, 7) is 5.80. The molecule has 0 bridgehead atoms. The van der Waals surface area contributed by atoms with E-state index in [1.54, 1.807) is 6.92 Å². The molecule has 3 aliphatic rings. The fraction of sp³-hybridized carbons (Fsp3) is 0.800. The van der Waals surface area contributed by atoms with Crippen LogP contribution in [0.3, 0.4) is 0 Å². The van der Waals surface area contributed by atoms with Crippen LogP contribution in [0, 0.1) is 11.3 Å². The molecular weight excluding hydrogens is 244 g/mol. The van der Waals surface area contributed by atoms with E-state index in [1.165, 1.54) is 0 Å². The zero-order valence-corrected chi connectivity index (χ0v) is 11.8. The third-order valence-electron chi connectivity index (χ3n) is 5.68. The van der Waals surface area contributed by atoms with Gasteiger partial charge in [-0.25, -0.2) is 0 Å². The highest BCUT2D eigenvalue weighted by Gasteiger charge is 2.62. The normalized spacial score (nSPS) is 49.7. The van der Waals surface area contributed by atoms with E-state index in [4.69, 9.17) is 4.74 Å². The van der Waals surface area contributed by atoms with E-state index >= 15 is 0 Å². The van der Waals surface area contributed by atoms with Gasteiger partial charge in [-0.15, -0.1) is 0 Å². The maximum absolute atomic E-state index is 11.8. The van der Waals surface area contributed by atoms with Crippen LogP contribution in [0.4, 0.5) is 0 Å². The van der Waals surface area contributed by atoms with E-state index in [9.17, 15) is 15.0 Å². The van der Waals surface area contributed by atoms with Crippen molar-refractivity contribution in [2.24, 2.45) is 11.3 Å². The first-order valence-corrected chi connectivity index (χ1v) is 7.12. The van der Waals surface area contributed by atoms with Crippen LogP contribution >= 0.6 is 0 Å². The second-order valence-electron chi connectivity index (χ2n) is 6.74. The van der Waals surface area contributed by atoms with Gasteiger partial charge in [0.1, 0.15) is 5.60 Å². The van der Waals surface area contributed by atoms with Gasteiger partial charge < -0.3 is 14.9 Å². The van der Waals surface area contributed by atoms with E-state index in [0.717, 1.165) is 30.4 Å². The van der Waals surface area contributed by atoms with Crippen LogP contribution in [0.15, 0.2) is 11.1 Å². The molecule has 1 saturated heterocycles. The van der Waals surface area contributed by atoms with Crippen molar-refractivity contribution in [2.45, 2.75) is 64.3 Å². The Kier molecular flexibility index (Phi) is 2.64. The first-order valence-electron chi connectivity index (χ1n) is 7.12. The van der Waals surface area contributed by atoms with Gasteiger partial charge in [0.05, 0.1) is 12.0 Å². The summed E-state index contributed by atoms with van der Waals surface area (Å²) < 4.78 is 5.48. The van der Waals surface area contributed by atoms with Gasteiger partial charge in [0.25, 0.3) is 0 Å². The third kappa shape index (κ3) is 1.56. The summed E-state index contributed by atoms with van der Waals surface area (Å²) in [6.07, 6.45) is 2.04. The van der Waals surface area contributed by atoms with Crippen LogP contribution in [-0.2, 0) is 9.53 Å². The van der Waals surface area contributed by atoms with Crippen molar-refractivity contribution in [3.63, 3.8) is 0 Å². The summed E-state index contributed by atoms with van der Waals surface area (Å²) in [6, 6.07) is 0. The van der Waals surface area contributed by atoms with Gasteiger partial charge in [-0.1, -0.05) is 6.92 Å². The average Bonchev–Trinajstić information content (AvgIpc) is 2.59. The monoisotopic (exact) mass is 266 g/mol. The highest BCUT2D eigenvalue weighted by Crippen LogP contribution is 2.56. The lowest BCUT2D eigenvalue weighted by Crippen LogP contribution is -2.53. The minimum absolute atomic E-state index is 0.0510. The van der Waals surface area contributed by atoms with Gasteiger partial charge in [-0.2, -0.15) is 0 Å². The first kappa shape index (κ1) is 13.1. The van der Waals surface area contributed by atoms with Crippen LogP contribution in [0.2, 0.25) is 0 Å². The number of carbonyl (C=O) groups is 1. The average molecular weight is 266 g/mol. The van der Waals surface area contributed by atoms with Crippen molar-refractivity contribution in [3.05, 3.63) is 11.1 Å². The zero-order valence-electron chi connectivity index (χ0n) is 11.8. The zero-order chi connectivity index (χ0) is 14.0. The molecule has 0 aromatic heterocycles. The summed E-state index contributed by atoms with van der Waals surface area (Å²) in [4.78, 5) is 11.8. The molecule has 106 valence electrons. The molecule has 1 unspecified atom stereocenters. The molecule has 0 aromatic carbocycles. The Hall–Kier alpha value is -0.870. The van der Waals surface area contributed by atoms with E-state index in [2.05, 4.69) is 6.92 Å². The molecule has 0 aromatic rings. The van der Waals surface area contributed by atoms with Gasteiger partial charge in [0.15, 0.2) is 6.10 Å². The molecule has 4 heteroatoms. The summed E-state index contributed by atoms with van der Waals surface area (Å²) in [5.41, 5.74) is 0.714. The lowest BCUT2D eigenvalue weighted by molar-refractivity contribution is -0.143. The number of fused-ring (bicyclic) bond motifs is 3. The largest absolute Gasteiger partial charge is 0.454 e. The van der Waals surface area contributed by atoms with Crippen LogP contribution < -0.4 is 0 Å². The van der Waals surface area contributed by atoms with E-state index in [1.807, 2.05) is 6.92 Å². The SMILES string of the molecule is CC1=C2C3OC(=O)[C@H](C)[C@]3(O)CC[C@@]2(C)CC[C@H]1O. The molecule has 1 saturated carbocycles. The molecule has 1 aliphatic heterocycles. The molecule has 2 aliphatic carbocycles. The highest BCUT2D eigenvalue weighted by molar-refractivity contribution is 5.77. The Balaban J connectivity index is 2.12. The van der Waals surface area contributed by atoms with Gasteiger partial charge in [-0.05, 0) is 56.1 Å². The quantitative estimate of drug-likeness (QED) is 0.515. The predicted molar refractivity (Wildman–Crippen MR) is 69.3 cm³/mol. The van der Waals surface area contributed by atoms with E-state index in [0.29, 0.717) is 6.42 Å². The minimum Gasteiger partial charge on any atom is -0.454 e. The number of hydrogen-bond acceptors (Lipinski definition) is 4. The molecule has 4 nitrogen and oxygen atoms in total. The van der Waals surface area contributed by atoms with E-state index in [-0.39, 0.29) is 11.4 Å². The van der Waals surface area contributed by atoms with Gasteiger partial charge in [0, 0.05) is 0 Å². The molecular formula is C15H22O4. The van der Waals surface area contributed by atoms with Crippen LogP contribution in [0.5, 0.6) is 0 Å². The van der Waals surface area contributed by atoms with E-state index < -0.39 is 23.7 Å². The number of esters is 1. The summed E-state index contributed by atoms with van der Waals surface area (Å²) >= 11 is 0. The van der Waals surface area contributed by atoms with Crippen LogP contribution in [0.1, 0.15) is 46.5 Å². The predicted octanol–water partition coefficient (Wildman–Crippen LogP) is 1.55. The van der Waals surface area contributed by atoms with Crippen LogP contribution in [-0.4, -0.2) is 34.0 Å². The van der Waals surface area contributed by atoms with Crippen LogP contribution in [0.25, 0.3) is 0 Å². The topological polar surface area (TPSA) is 66.8 Å². The van der Waals surface area contributed by atoms with Crippen molar-refractivity contribution in [2.75, 3.05) is 0 Å². The molecule has 19 heavy (non-hydrogen) atoms. The maximum atomic E-state index is 11.8. The third-order valence-corrected chi connectivity index (χ3v) is 5.68. The lowest BCUT2D eigenvalue weighted by Gasteiger charge is -2.50. The number of ether oxygens (including phenoxy) is 1. The minimum atomic E-state index is -1.09. The fourth-order valence-electron chi connectivity index (χ4n) is 4.13. The van der Waals surface area contributed by atoms with Crippen molar-refractivity contribution < 1.29 is 19.7 Å². The Bertz CT molecular complexity index is 469. The highest BCUT2D eigenvalue weighted by atomic mass is 16.6. The Morgan fingerprint density at radius 3 is 2.68 bits per heavy atom. The lowest BCUT2D eigenvalue weighted by atomic mass is 9.57. The summed E-state index contributed by atoms with van der Waals surface area (Å²) in [7, 11) is 0. The molecule has 0 amide bonds. The number of aliphatic hydroxyl groups excluding tert-OH is 1. The molecule has 2 N–H and O–H groups in total. The van der Waals surface area contributed by atoms with Crippen molar-refractivity contribution in [1.29, 1.82) is 0 Å². The molecule has 5 atom stereocenters. The second kappa shape index (κ2) is 3.83. The first-order chi connectivity index (χ1) is 8.79. The number of aliphatic hydroxyl groups is 2. The fourth-order valence-corrected chi connectivity index (χ4v) is 4.13. The van der Waals surface area contributed by atoms with Crippen molar-refractivity contribution >= 4 is 5.97 Å². The molecule has 2 fully saturated rings. The molecule has 0 spiro atoms. The number of carbonyl (C=O) groups excluding carboxylic acids is 1. The number of rotatable bonds is 0. The number of hydrogen-bond donors (Lipinski definition) is 2. The van der Waals surface area contributed by atoms with Gasteiger partial charge in [-0.3, -0.25) is 4.79 Å².